The molecule has 0 aromatic carbocycles. The van der Waals surface area contributed by atoms with Gasteiger partial charge in [-0.1, -0.05) is 6.92 Å². The molecule has 22 heavy (non-hydrogen) atoms. The van der Waals surface area contributed by atoms with Crippen LogP contribution in [0, 0.1) is 0 Å². The van der Waals surface area contributed by atoms with Crippen LogP contribution in [0.5, 0.6) is 5.88 Å². The van der Waals surface area contributed by atoms with E-state index in [9.17, 15) is 21.6 Å². The summed E-state index contributed by atoms with van der Waals surface area (Å²) in [4.78, 5) is 3.75. The average Bonchev–Trinajstić information content (AvgIpc) is 2.87. The lowest BCUT2D eigenvalue weighted by Gasteiger charge is -2.17. The highest BCUT2D eigenvalue weighted by Crippen LogP contribution is 2.31. The Hall–Kier alpha value is -1.35. The van der Waals surface area contributed by atoms with Crippen LogP contribution in [-0.4, -0.2) is 42.7 Å². The normalized spacial score (nSPS) is 20.3. The first-order valence-corrected chi connectivity index (χ1v) is 8.51. The number of aromatic nitrogens is 1. The Morgan fingerprint density at radius 3 is 2.82 bits per heavy atom. The summed E-state index contributed by atoms with van der Waals surface area (Å²) in [6, 6.07) is 1.68. The molecule has 1 aromatic heterocycles. The lowest BCUT2D eigenvalue weighted by atomic mass is 10.2. The summed E-state index contributed by atoms with van der Waals surface area (Å²) in [5, 5.41) is 0. The number of hydrogen-bond donors (Lipinski definition) is 0. The molecule has 0 aliphatic carbocycles. The highest BCUT2D eigenvalue weighted by molar-refractivity contribution is 7.89. The summed E-state index contributed by atoms with van der Waals surface area (Å²) in [6.07, 6.45) is -2.98. The van der Waals surface area contributed by atoms with Gasteiger partial charge in [0.15, 0.2) is 0 Å². The van der Waals surface area contributed by atoms with Crippen LogP contribution in [0.3, 0.4) is 0 Å². The predicted molar refractivity (Wildman–Crippen MR) is 73.9 cm³/mol. The lowest BCUT2D eigenvalue weighted by Crippen LogP contribution is -2.32. The molecule has 0 spiro atoms. The van der Waals surface area contributed by atoms with Gasteiger partial charge in [-0.05, 0) is 18.9 Å². The number of halogens is 3. The van der Waals surface area contributed by atoms with Crippen molar-refractivity contribution >= 4 is 10.0 Å². The second kappa shape index (κ2) is 6.41. The van der Waals surface area contributed by atoms with Gasteiger partial charge in [-0.25, -0.2) is 13.4 Å². The van der Waals surface area contributed by atoms with E-state index >= 15 is 0 Å². The number of nitrogens with zero attached hydrogens (tertiary/aromatic N) is 2. The van der Waals surface area contributed by atoms with Crippen molar-refractivity contribution in [2.24, 2.45) is 0 Å². The van der Waals surface area contributed by atoms with Crippen molar-refractivity contribution in [3.8, 4) is 5.88 Å². The Balaban J connectivity index is 2.02. The Kier molecular flexibility index (Phi) is 4.96. The van der Waals surface area contributed by atoms with E-state index in [2.05, 4.69) is 4.98 Å². The largest absolute Gasteiger partial charge is 0.473 e. The molecule has 0 saturated carbocycles. The van der Waals surface area contributed by atoms with Crippen molar-refractivity contribution < 1.29 is 26.3 Å². The smallest absolute Gasteiger partial charge is 0.416 e. The Labute approximate surface area is 127 Å². The number of sulfonamides is 1. The van der Waals surface area contributed by atoms with Gasteiger partial charge in [0, 0.05) is 18.8 Å². The van der Waals surface area contributed by atoms with Gasteiger partial charge in [-0.2, -0.15) is 17.5 Å². The molecule has 1 unspecified atom stereocenters. The van der Waals surface area contributed by atoms with Gasteiger partial charge in [0.2, 0.25) is 15.9 Å². The third-order valence-corrected chi connectivity index (χ3v) is 5.36. The van der Waals surface area contributed by atoms with Gasteiger partial charge in [-0.3, -0.25) is 0 Å². The number of rotatable bonds is 5. The quantitative estimate of drug-likeness (QED) is 0.826. The molecule has 1 saturated heterocycles. The SMILES string of the molecule is CCCS(=O)(=O)N1CCC(Oc2cc(C(F)(F)F)ccn2)C1. The van der Waals surface area contributed by atoms with Gasteiger partial charge < -0.3 is 4.74 Å². The lowest BCUT2D eigenvalue weighted by molar-refractivity contribution is -0.137. The summed E-state index contributed by atoms with van der Waals surface area (Å²) >= 11 is 0. The van der Waals surface area contributed by atoms with Crippen LogP contribution in [0.1, 0.15) is 25.3 Å². The second-order valence-corrected chi connectivity index (χ2v) is 7.17. The van der Waals surface area contributed by atoms with E-state index in [4.69, 9.17) is 4.74 Å². The van der Waals surface area contributed by atoms with Crippen molar-refractivity contribution in [1.29, 1.82) is 0 Å². The van der Waals surface area contributed by atoms with Gasteiger partial charge >= 0.3 is 6.18 Å². The van der Waals surface area contributed by atoms with Gasteiger partial charge in [0.05, 0.1) is 17.9 Å². The molecule has 1 fully saturated rings. The van der Waals surface area contributed by atoms with Crippen molar-refractivity contribution in [1.82, 2.24) is 9.29 Å². The molecule has 5 nitrogen and oxygen atoms in total. The van der Waals surface area contributed by atoms with Crippen LogP contribution in [0.4, 0.5) is 13.2 Å². The summed E-state index contributed by atoms with van der Waals surface area (Å²) in [7, 11) is -3.31. The standard InChI is InChI=1S/C13H17F3N2O3S/c1-2-7-22(19,20)18-6-4-11(9-18)21-12-8-10(3-5-17-12)13(14,15)16/h3,5,8,11H,2,4,6-7,9H2,1H3. The molecule has 0 N–H and O–H groups in total. The fourth-order valence-electron chi connectivity index (χ4n) is 2.25. The van der Waals surface area contributed by atoms with Gasteiger partial charge in [0.1, 0.15) is 6.10 Å². The van der Waals surface area contributed by atoms with Gasteiger partial charge in [-0.15, -0.1) is 0 Å². The molecule has 2 heterocycles. The average molecular weight is 338 g/mol. The molecule has 124 valence electrons. The predicted octanol–water partition coefficient (Wildman–Crippen LogP) is 2.29. The Bertz CT molecular complexity index is 619. The third-order valence-electron chi connectivity index (χ3n) is 3.31. The van der Waals surface area contributed by atoms with E-state index in [1.165, 1.54) is 4.31 Å². The maximum Gasteiger partial charge on any atom is 0.416 e. The maximum absolute atomic E-state index is 12.6. The Morgan fingerprint density at radius 2 is 2.18 bits per heavy atom. The number of alkyl halides is 3. The van der Waals surface area contributed by atoms with Crippen molar-refractivity contribution in [3.05, 3.63) is 23.9 Å². The molecule has 0 bridgehead atoms. The number of ether oxygens (including phenoxy) is 1. The molecular weight excluding hydrogens is 321 g/mol. The van der Waals surface area contributed by atoms with Crippen LogP contribution < -0.4 is 4.74 Å². The molecule has 1 aromatic rings. The van der Waals surface area contributed by atoms with Crippen LogP contribution in [0.15, 0.2) is 18.3 Å². The molecule has 0 radical (unpaired) electrons. The third kappa shape index (κ3) is 4.10. The van der Waals surface area contributed by atoms with E-state index in [1.54, 1.807) is 6.92 Å². The highest BCUT2D eigenvalue weighted by atomic mass is 32.2. The van der Waals surface area contributed by atoms with E-state index in [1.807, 2.05) is 0 Å². The van der Waals surface area contributed by atoms with Crippen molar-refractivity contribution in [2.75, 3.05) is 18.8 Å². The fraction of sp³-hybridized carbons (Fsp3) is 0.615. The molecule has 9 heteroatoms. The fourth-order valence-corrected chi connectivity index (χ4v) is 3.81. The van der Waals surface area contributed by atoms with Crippen LogP contribution in [0.25, 0.3) is 0 Å². The molecule has 0 amide bonds. The minimum Gasteiger partial charge on any atom is -0.473 e. The minimum atomic E-state index is -4.47. The van der Waals surface area contributed by atoms with Crippen LogP contribution in [0.2, 0.25) is 0 Å². The zero-order valence-corrected chi connectivity index (χ0v) is 12.8. The molecule has 1 atom stereocenters. The summed E-state index contributed by atoms with van der Waals surface area (Å²) < 4.78 is 68.4. The monoisotopic (exact) mass is 338 g/mol. The second-order valence-electron chi connectivity index (χ2n) is 5.08. The first-order chi connectivity index (χ1) is 10.2. The van der Waals surface area contributed by atoms with Crippen molar-refractivity contribution in [2.45, 2.75) is 32.0 Å². The minimum absolute atomic E-state index is 0.0571. The summed E-state index contributed by atoms with van der Waals surface area (Å²) in [5.74, 6) is -0.0868. The van der Waals surface area contributed by atoms with E-state index in [-0.39, 0.29) is 18.2 Å². The zero-order valence-electron chi connectivity index (χ0n) is 12.0. The molecular formula is C13H17F3N2O3S. The summed E-state index contributed by atoms with van der Waals surface area (Å²) in [5.41, 5.74) is -0.842. The van der Waals surface area contributed by atoms with E-state index in [0.717, 1.165) is 18.3 Å². The van der Waals surface area contributed by atoms with Crippen molar-refractivity contribution in [3.63, 3.8) is 0 Å². The first kappa shape index (κ1) is 17.0. The number of pyridine rings is 1. The summed E-state index contributed by atoms with van der Waals surface area (Å²) in [6.45, 7) is 2.22. The van der Waals surface area contributed by atoms with Crippen LogP contribution in [-0.2, 0) is 16.2 Å². The van der Waals surface area contributed by atoms with E-state index < -0.39 is 27.9 Å². The number of hydrogen-bond acceptors (Lipinski definition) is 4. The topological polar surface area (TPSA) is 59.5 Å². The van der Waals surface area contributed by atoms with Crippen LogP contribution >= 0.6 is 0 Å². The molecule has 2 rings (SSSR count). The molecule has 1 aliphatic heterocycles. The zero-order chi connectivity index (χ0) is 16.4. The first-order valence-electron chi connectivity index (χ1n) is 6.90. The van der Waals surface area contributed by atoms with Gasteiger partial charge in [0.25, 0.3) is 0 Å². The molecule has 1 aliphatic rings. The van der Waals surface area contributed by atoms with E-state index in [0.29, 0.717) is 19.4 Å². The Morgan fingerprint density at radius 1 is 1.45 bits per heavy atom. The highest BCUT2D eigenvalue weighted by Gasteiger charge is 2.34. The maximum atomic E-state index is 12.6.